The van der Waals surface area contributed by atoms with Gasteiger partial charge in [0.1, 0.15) is 5.60 Å². The van der Waals surface area contributed by atoms with Gasteiger partial charge in [-0.05, 0) is 52.8 Å². The number of benzene rings is 2. The molecule has 39 heavy (non-hydrogen) atoms. The maximum atomic E-state index is 12.7. The van der Waals surface area contributed by atoms with Crippen molar-refractivity contribution >= 4 is 33.8 Å². The highest BCUT2D eigenvalue weighted by atomic mass is 79.9. The minimum absolute atomic E-state index is 0.0235. The molecule has 4 rings (SSSR count). The van der Waals surface area contributed by atoms with E-state index in [1.165, 1.54) is 6.20 Å². The van der Waals surface area contributed by atoms with E-state index in [2.05, 4.69) is 31.1 Å². The predicted octanol–water partition coefficient (Wildman–Crippen LogP) is 6.62. The number of ether oxygens (including phenoxy) is 1. The minimum atomic E-state index is -1.34. The second-order valence-corrected chi connectivity index (χ2v) is 11.2. The van der Waals surface area contributed by atoms with Crippen LogP contribution in [0.15, 0.2) is 69.7 Å². The molecular formula is C28H28BrN5O5. The van der Waals surface area contributed by atoms with E-state index in [1.54, 1.807) is 34.6 Å². The molecule has 1 N–H and O–H groups in total. The smallest absolute Gasteiger partial charge is 0.413 e. The third-order valence-electron chi connectivity index (χ3n) is 5.56. The summed E-state index contributed by atoms with van der Waals surface area (Å²) >= 11 is 3.53. The first-order valence-electron chi connectivity index (χ1n) is 12.1. The van der Waals surface area contributed by atoms with Crippen LogP contribution in [0.25, 0.3) is 34.3 Å². The van der Waals surface area contributed by atoms with Crippen LogP contribution in [-0.2, 0) is 9.53 Å². The van der Waals surface area contributed by atoms with Crippen molar-refractivity contribution in [1.29, 1.82) is 0 Å². The molecule has 0 radical (unpaired) electrons. The molecule has 1 amide bonds. The first kappa shape index (κ1) is 27.9. The largest absolute Gasteiger partial charge is 0.465 e. The average Bonchev–Trinajstić information content (AvgIpc) is 3.33. The highest BCUT2D eigenvalue weighted by molar-refractivity contribution is 9.10. The first-order valence-corrected chi connectivity index (χ1v) is 12.9. The highest BCUT2D eigenvalue weighted by Gasteiger charge is 2.39. The Hall–Kier alpha value is -4.12. The van der Waals surface area contributed by atoms with Gasteiger partial charge in [-0.3, -0.25) is 9.69 Å². The van der Waals surface area contributed by atoms with Crippen molar-refractivity contribution in [2.24, 2.45) is 0 Å². The Morgan fingerprint density at radius 3 is 2.26 bits per heavy atom. The van der Waals surface area contributed by atoms with Crippen LogP contribution in [0.2, 0.25) is 0 Å². The summed E-state index contributed by atoms with van der Waals surface area (Å²) in [6.07, 6.45) is -0.106. The van der Waals surface area contributed by atoms with Crippen LogP contribution in [0.3, 0.4) is 0 Å². The molecule has 0 aliphatic carbocycles. The number of anilines is 1. The third kappa shape index (κ3) is 6.48. The lowest BCUT2D eigenvalue weighted by Crippen LogP contribution is -2.50. The fourth-order valence-electron chi connectivity index (χ4n) is 3.95. The SMILES string of the molecule is CC(C)(C)OC(=O)CC(C)(C)N(C(=O)O)c1ncc(-c2ccccc2Br)nc1-c1nnc(-c2ccccc2)o1. The van der Waals surface area contributed by atoms with Gasteiger partial charge in [0, 0.05) is 15.6 Å². The second-order valence-electron chi connectivity index (χ2n) is 10.4. The number of carbonyl (C=O) groups excluding carboxylic acids is 1. The summed E-state index contributed by atoms with van der Waals surface area (Å²) in [4.78, 5) is 35.6. The third-order valence-corrected chi connectivity index (χ3v) is 6.25. The first-order chi connectivity index (χ1) is 18.4. The molecule has 4 aromatic rings. The molecule has 11 heteroatoms. The lowest BCUT2D eigenvalue weighted by atomic mass is 9.97. The number of carboxylic acid groups (broad SMARTS) is 1. The Morgan fingerprint density at radius 1 is 0.974 bits per heavy atom. The van der Waals surface area contributed by atoms with E-state index in [1.807, 2.05) is 54.6 Å². The summed E-state index contributed by atoms with van der Waals surface area (Å²) in [6.45, 7) is 8.47. The van der Waals surface area contributed by atoms with Gasteiger partial charge in [0.05, 0.1) is 23.9 Å². The van der Waals surface area contributed by atoms with Gasteiger partial charge in [0.25, 0.3) is 5.89 Å². The van der Waals surface area contributed by atoms with Gasteiger partial charge in [-0.1, -0.05) is 52.3 Å². The molecule has 202 valence electrons. The highest BCUT2D eigenvalue weighted by Crippen LogP contribution is 2.36. The molecule has 0 spiro atoms. The quantitative estimate of drug-likeness (QED) is 0.235. The molecule has 0 saturated carbocycles. The fourth-order valence-corrected chi connectivity index (χ4v) is 4.44. The van der Waals surface area contributed by atoms with Crippen molar-refractivity contribution < 1.29 is 23.8 Å². The number of amides is 1. The second kappa shape index (κ2) is 10.9. The molecule has 0 atom stereocenters. The summed E-state index contributed by atoms with van der Waals surface area (Å²) in [5.74, 6) is -0.401. The molecule has 2 aromatic heterocycles. The average molecular weight is 594 g/mol. The number of rotatable bonds is 7. The molecular weight excluding hydrogens is 566 g/mol. The zero-order valence-electron chi connectivity index (χ0n) is 22.2. The monoisotopic (exact) mass is 593 g/mol. The predicted molar refractivity (Wildman–Crippen MR) is 149 cm³/mol. The van der Waals surface area contributed by atoms with Crippen molar-refractivity contribution in [1.82, 2.24) is 20.2 Å². The number of nitrogens with zero attached hydrogens (tertiary/aromatic N) is 5. The Kier molecular flexibility index (Phi) is 7.82. The minimum Gasteiger partial charge on any atom is -0.465 e. The number of hydrogen-bond donors (Lipinski definition) is 1. The summed E-state index contributed by atoms with van der Waals surface area (Å²) in [5.41, 5.74) is -0.0689. The van der Waals surface area contributed by atoms with E-state index in [0.29, 0.717) is 11.3 Å². The van der Waals surface area contributed by atoms with E-state index in [9.17, 15) is 14.7 Å². The molecule has 0 aliphatic heterocycles. The van der Waals surface area contributed by atoms with E-state index in [-0.39, 0.29) is 29.7 Å². The van der Waals surface area contributed by atoms with Crippen LogP contribution in [0.4, 0.5) is 10.6 Å². The van der Waals surface area contributed by atoms with Crippen molar-refractivity contribution in [2.45, 2.75) is 52.2 Å². The van der Waals surface area contributed by atoms with Crippen molar-refractivity contribution in [3.8, 4) is 34.3 Å². The van der Waals surface area contributed by atoms with E-state index in [0.717, 1.165) is 14.9 Å². The number of hydrogen-bond acceptors (Lipinski definition) is 8. The summed E-state index contributed by atoms with van der Waals surface area (Å²) in [6, 6.07) is 16.6. The molecule has 0 saturated heterocycles. The number of halogens is 1. The van der Waals surface area contributed by atoms with Crippen LogP contribution in [0.5, 0.6) is 0 Å². The molecule has 0 aliphatic rings. The van der Waals surface area contributed by atoms with Crippen molar-refractivity contribution in [3.05, 3.63) is 65.3 Å². The molecule has 2 heterocycles. The van der Waals surface area contributed by atoms with Crippen LogP contribution in [-0.4, -0.2) is 48.5 Å². The van der Waals surface area contributed by atoms with Gasteiger partial charge in [0.15, 0.2) is 11.5 Å². The summed E-state index contributed by atoms with van der Waals surface area (Å²) in [5, 5.41) is 18.6. The lowest BCUT2D eigenvalue weighted by Gasteiger charge is -2.36. The topological polar surface area (TPSA) is 132 Å². The molecule has 0 fully saturated rings. The Labute approximate surface area is 234 Å². The van der Waals surface area contributed by atoms with Gasteiger partial charge in [-0.15, -0.1) is 10.2 Å². The van der Waals surface area contributed by atoms with E-state index in [4.69, 9.17) is 14.1 Å². The summed E-state index contributed by atoms with van der Waals surface area (Å²) in [7, 11) is 0. The van der Waals surface area contributed by atoms with Gasteiger partial charge in [0.2, 0.25) is 5.89 Å². The maximum Gasteiger partial charge on any atom is 0.413 e. The Morgan fingerprint density at radius 2 is 1.62 bits per heavy atom. The van der Waals surface area contributed by atoms with E-state index < -0.39 is 23.2 Å². The fraction of sp³-hybridized carbons (Fsp3) is 0.286. The number of esters is 1. The van der Waals surface area contributed by atoms with Gasteiger partial charge < -0.3 is 14.3 Å². The standard InChI is InChI=1S/C28H28BrN5O5/c1-27(2,3)39-21(35)15-28(4,5)34(26(36)37)23-22(25-33-32-24(38-25)17-11-7-6-8-12-17)31-20(16-30-23)18-13-9-10-14-19(18)29/h6-14,16H,15H2,1-5H3,(H,36,37). The normalized spacial score (nSPS) is 11.7. The summed E-state index contributed by atoms with van der Waals surface area (Å²) < 4.78 is 12.2. The van der Waals surface area contributed by atoms with E-state index >= 15 is 0 Å². The zero-order valence-corrected chi connectivity index (χ0v) is 23.8. The van der Waals surface area contributed by atoms with Crippen LogP contribution >= 0.6 is 15.9 Å². The van der Waals surface area contributed by atoms with Crippen LogP contribution in [0.1, 0.15) is 41.0 Å². The Bertz CT molecular complexity index is 1500. The molecule has 2 aromatic carbocycles. The van der Waals surface area contributed by atoms with Crippen LogP contribution < -0.4 is 4.90 Å². The molecule has 0 unspecified atom stereocenters. The Balaban J connectivity index is 1.85. The van der Waals surface area contributed by atoms with Crippen LogP contribution in [0, 0.1) is 0 Å². The van der Waals surface area contributed by atoms with Gasteiger partial charge in [-0.25, -0.2) is 14.8 Å². The van der Waals surface area contributed by atoms with Crippen molar-refractivity contribution in [2.75, 3.05) is 4.90 Å². The lowest BCUT2D eigenvalue weighted by molar-refractivity contribution is -0.155. The zero-order chi connectivity index (χ0) is 28.4. The molecule has 10 nitrogen and oxygen atoms in total. The maximum absolute atomic E-state index is 12.7. The van der Waals surface area contributed by atoms with Crippen molar-refractivity contribution in [3.63, 3.8) is 0 Å². The van der Waals surface area contributed by atoms with Gasteiger partial charge >= 0.3 is 12.1 Å². The number of carbonyl (C=O) groups is 2. The van der Waals surface area contributed by atoms with Gasteiger partial charge in [-0.2, -0.15) is 0 Å². The number of aromatic nitrogens is 4. The molecule has 0 bridgehead atoms.